The zero-order valence-corrected chi connectivity index (χ0v) is 14.2. The van der Waals surface area contributed by atoms with Crippen LogP contribution in [-0.2, 0) is 16.6 Å². The molecule has 1 fully saturated rings. The van der Waals surface area contributed by atoms with E-state index in [2.05, 4.69) is 12.0 Å². The molecule has 20 heavy (non-hydrogen) atoms. The van der Waals surface area contributed by atoms with Gasteiger partial charge in [0.15, 0.2) is 0 Å². The normalized spacial score (nSPS) is 20.7. The summed E-state index contributed by atoms with van der Waals surface area (Å²) in [7, 11) is -3.43. The second kappa shape index (κ2) is 6.07. The Hall–Kier alpha value is -0.530. The number of sulfonamides is 1. The first-order valence-electron chi connectivity index (χ1n) is 7.10. The lowest BCUT2D eigenvalue weighted by Gasteiger charge is -2.23. The highest BCUT2D eigenvalue weighted by atomic mass is 32.2. The predicted octanol–water partition coefficient (Wildman–Crippen LogP) is 2.38. The van der Waals surface area contributed by atoms with Crippen LogP contribution in [0.1, 0.15) is 38.1 Å². The van der Waals surface area contributed by atoms with E-state index in [0.717, 1.165) is 24.3 Å². The van der Waals surface area contributed by atoms with Crippen LogP contribution in [0, 0.1) is 13.8 Å². The summed E-state index contributed by atoms with van der Waals surface area (Å²) in [5.74, 6) is 0.879. The molecule has 0 unspecified atom stereocenters. The highest BCUT2D eigenvalue weighted by molar-refractivity contribution is 8.01. The van der Waals surface area contributed by atoms with E-state index in [1.807, 2.05) is 13.8 Å². The van der Waals surface area contributed by atoms with E-state index in [4.69, 9.17) is 0 Å². The van der Waals surface area contributed by atoms with Crippen LogP contribution in [0.4, 0.5) is 0 Å². The molecule has 0 aliphatic carbocycles. The van der Waals surface area contributed by atoms with Crippen molar-refractivity contribution in [1.29, 1.82) is 0 Å². The summed E-state index contributed by atoms with van der Waals surface area (Å²) in [5.41, 5.74) is 1.36. The van der Waals surface area contributed by atoms with Crippen molar-refractivity contribution in [3.05, 3.63) is 11.4 Å². The Balaban J connectivity index is 2.42. The lowest BCUT2D eigenvalue weighted by Crippen LogP contribution is -2.35. The maximum atomic E-state index is 12.9. The average molecular weight is 317 g/mol. The molecule has 0 N–H and O–H groups in total. The molecular weight excluding hydrogens is 294 g/mol. The van der Waals surface area contributed by atoms with Gasteiger partial charge in [-0.2, -0.15) is 9.40 Å². The first-order chi connectivity index (χ1) is 9.43. The number of hydrogen-bond donors (Lipinski definition) is 0. The highest BCUT2D eigenvalue weighted by Crippen LogP contribution is 2.34. The molecule has 0 amide bonds. The van der Waals surface area contributed by atoms with Crippen LogP contribution >= 0.6 is 11.8 Å². The van der Waals surface area contributed by atoms with Crippen LogP contribution in [0.5, 0.6) is 0 Å². The molecule has 2 heterocycles. The summed E-state index contributed by atoms with van der Waals surface area (Å²) in [6.07, 6.45) is 1.90. The third kappa shape index (κ3) is 2.63. The first kappa shape index (κ1) is 15.9. The van der Waals surface area contributed by atoms with E-state index in [1.165, 1.54) is 0 Å². The molecule has 1 saturated heterocycles. The second-order valence-electron chi connectivity index (χ2n) is 5.05. The minimum Gasteiger partial charge on any atom is -0.268 e. The van der Waals surface area contributed by atoms with Gasteiger partial charge in [-0.1, -0.05) is 13.3 Å². The third-order valence-electron chi connectivity index (χ3n) is 3.66. The Morgan fingerprint density at radius 2 is 2.05 bits per heavy atom. The Kier molecular flexibility index (Phi) is 4.81. The minimum absolute atomic E-state index is 0.0776. The van der Waals surface area contributed by atoms with Crippen LogP contribution in [0.25, 0.3) is 0 Å². The number of hydrogen-bond acceptors (Lipinski definition) is 4. The molecule has 1 aromatic heterocycles. The lowest BCUT2D eigenvalue weighted by molar-refractivity contribution is 0.411. The van der Waals surface area contributed by atoms with Gasteiger partial charge in [0, 0.05) is 18.8 Å². The van der Waals surface area contributed by atoms with Crippen molar-refractivity contribution in [2.75, 3.05) is 12.3 Å². The zero-order chi connectivity index (χ0) is 14.9. The molecule has 1 aliphatic rings. The van der Waals surface area contributed by atoms with Crippen molar-refractivity contribution >= 4 is 21.8 Å². The van der Waals surface area contributed by atoms with Crippen LogP contribution in [-0.4, -0.2) is 40.2 Å². The molecule has 114 valence electrons. The molecule has 0 spiro atoms. The Morgan fingerprint density at radius 1 is 1.35 bits per heavy atom. The van der Waals surface area contributed by atoms with Gasteiger partial charge in [-0.15, -0.1) is 11.8 Å². The van der Waals surface area contributed by atoms with Crippen molar-refractivity contribution in [2.45, 2.75) is 57.4 Å². The van der Waals surface area contributed by atoms with Gasteiger partial charge in [0.25, 0.3) is 0 Å². The first-order valence-corrected chi connectivity index (χ1v) is 9.59. The van der Waals surface area contributed by atoms with E-state index < -0.39 is 10.0 Å². The van der Waals surface area contributed by atoms with Gasteiger partial charge >= 0.3 is 0 Å². The fraction of sp³-hybridized carbons (Fsp3) is 0.769. The summed E-state index contributed by atoms with van der Waals surface area (Å²) in [5, 5.41) is 4.42. The molecule has 2 rings (SSSR count). The van der Waals surface area contributed by atoms with Gasteiger partial charge in [-0.3, -0.25) is 4.68 Å². The van der Waals surface area contributed by atoms with E-state index >= 15 is 0 Å². The summed E-state index contributed by atoms with van der Waals surface area (Å²) >= 11 is 1.74. The monoisotopic (exact) mass is 317 g/mol. The Morgan fingerprint density at radius 3 is 2.60 bits per heavy atom. The summed E-state index contributed by atoms with van der Waals surface area (Å²) in [4.78, 5) is 0.406. The lowest BCUT2D eigenvalue weighted by atomic mass is 10.3. The number of thioether (sulfide) groups is 1. The van der Waals surface area contributed by atoms with E-state index in [9.17, 15) is 8.42 Å². The van der Waals surface area contributed by atoms with Crippen molar-refractivity contribution in [2.24, 2.45) is 0 Å². The third-order valence-corrected chi connectivity index (χ3v) is 7.25. The Bertz CT molecular complexity index is 581. The van der Waals surface area contributed by atoms with E-state index in [-0.39, 0.29) is 5.37 Å². The number of nitrogens with zero attached hydrogens (tertiary/aromatic N) is 3. The maximum absolute atomic E-state index is 12.9. The molecule has 0 aromatic carbocycles. The molecule has 1 aromatic rings. The number of aromatic nitrogens is 2. The smallest absolute Gasteiger partial charge is 0.247 e. The quantitative estimate of drug-likeness (QED) is 0.837. The van der Waals surface area contributed by atoms with E-state index in [0.29, 0.717) is 23.7 Å². The van der Waals surface area contributed by atoms with E-state index in [1.54, 1.807) is 27.7 Å². The second-order valence-corrected chi connectivity index (χ2v) is 8.16. The fourth-order valence-electron chi connectivity index (χ4n) is 2.73. The van der Waals surface area contributed by atoms with Crippen molar-refractivity contribution in [3.8, 4) is 0 Å². The molecule has 0 radical (unpaired) electrons. The van der Waals surface area contributed by atoms with Crippen molar-refractivity contribution in [1.82, 2.24) is 14.1 Å². The summed E-state index contributed by atoms with van der Waals surface area (Å²) < 4.78 is 29.3. The summed E-state index contributed by atoms with van der Waals surface area (Å²) in [6, 6.07) is 0. The molecule has 0 bridgehead atoms. The van der Waals surface area contributed by atoms with Crippen LogP contribution in [0.2, 0.25) is 0 Å². The fourth-order valence-corrected chi connectivity index (χ4v) is 6.49. The molecular formula is C13H23N3O2S2. The Labute approximate surface area is 125 Å². The van der Waals surface area contributed by atoms with Gasteiger partial charge < -0.3 is 0 Å². The van der Waals surface area contributed by atoms with Crippen LogP contribution in [0.15, 0.2) is 4.90 Å². The number of aryl methyl sites for hydroxylation is 2. The molecule has 7 heteroatoms. The van der Waals surface area contributed by atoms with Gasteiger partial charge in [0.1, 0.15) is 4.90 Å². The molecule has 5 nitrogen and oxygen atoms in total. The predicted molar refractivity (Wildman–Crippen MR) is 82.4 cm³/mol. The van der Waals surface area contributed by atoms with Gasteiger partial charge in [0.2, 0.25) is 10.0 Å². The van der Waals surface area contributed by atoms with Gasteiger partial charge in [0.05, 0.1) is 16.8 Å². The van der Waals surface area contributed by atoms with Crippen molar-refractivity contribution in [3.63, 3.8) is 0 Å². The summed E-state index contributed by atoms with van der Waals surface area (Å²) in [6.45, 7) is 8.98. The number of rotatable bonds is 5. The average Bonchev–Trinajstić information content (AvgIpc) is 2.95. The standard InChI is InChI=1S/C13H23N3O2S2/c1-5-7-12-16(8-9-19-12)20(17,18)13-10(3)14-15(6-2)11(13)4/h12H,5-9H2,1-4H3/t12-/m1/s1. The van der Waals surface area contributed by atoms with Gasteiger partial charge in [-0.05, 0) is 27.2 Å². The molecule has 0 saturated carbocycles. The molecule has 1 atom stereocenters. The minimum atomic E-state index is -3.43. The zero-order valence-electron chi connectivity index (χ0n) is 12.6. The van der Waals surface area contributed by atoms with Crippen LogP contribution in [0.3, 0.4) is 0 Å². The van der Waals surface area contributed by atoms with Crippen LogP contribution < -0.4 is 0 Å². The SMILES string of the molecule is CCC[C@H]1SCCN1S(=O)(=O)c1c(C)nn(CC)c1C. The maximum Gasteiger partial charge on any atom is 0.247 e. The topological polar surface area (TPSA) is 55.2 Å². The van der Waals surface area contributed by atoms with Crippen molar-refractivity contribution < 1.29 is 8.42 Å². The highest BCUT2D eigenvalue weighted by Gasteiger charge is 2.38. The largest absolute Gasteiger partial charge is 0.268 e. The van der Waals surface area contributed by atoms with Gasteiger partial charge in [-0.25, -0.2) is 8.42 Å². The molecule has 1 aliphatic heterocycles.